The first-order valence-electron chi connectivity index (χ1n) is 4.60. The lowest BCUT2D eigenvalue weighted by atomic mass is 10.3. The van der Waals surface area contributed by atoms with Crippen molar-refractivity contribution >= 4 is 17.0 Å². The Kier molecular flexibility index (Phi) is 3.13. The van der Waals surface area contributed by atoms with E-state index in [1.165, 1.54) is 17.5 Å². The third-order valence-electron chi connectivity index (χ3n) is 2.01. The fourth-order valence-corrected chi connectivity index (χ4v) is 1.98. The first kappa shape index (κ1) is 10.6. The fourth-order valence-electron chi connectivity index (χ4n) is 1.23. The average molecular weight is 233 g/mol. The maximum absolute atomic E-state index is 13.2. The maximum Gasteiger partial charge on any atom is 0.164 e. The second-order valence-corrected chi connectivity index (χ2v) is 4.12. The third-order valence-corrected chi connectivity index (χ3v) is 2.95. The van der Waals surface area contributed by atoms with Gasteiger partial charge in [0, 0.05) is 23.0 Å². The molecule has 0 spiro atoms. The number of anilines is 1. The van der Waals surface area contributed by atoms with Crippen molar-refractivity contribution in [2.45, 2.75) is 6.54 Å². The number of thiophene rings is 1. The predicted octanol–water partition coefficient (Wildman–Crippen LogP) is 2.77. The Hall–Kier alpha value is -1.93. The summed E-state index contributed by atoms with van der Waals surface area (Å²) in [7, 11) is 0. The minimum Gasteiger partial charge on any atom is -0.378 e. The van der Waals surface area contributed by atoms with Gasteiger partial charge < -0.3 is 5.32 Å². The largest absolute Gasteiger partial charge is 0.378 e. The zero-order valence-electron chi connectivity index (χ0n) is 8.27. The first-order valence-corrected chi connectivity index (χ1v) is 5.48. The molecule has 16 heavy (non-hydrogen) atoms. The van der Waals surface area contributed by atoms with E-state index in [0.29, 0.717) is 17.8 Å². The molecule has 0 aromatic carbocycles. The molecule has 1 N–H and O–H groups in total. The van der Waals surface area contributed by atoms with E-state index in [1.54, 1.807) is 17.5 Å². The highest BCUT2D eigenvalue weighted by atomic mass is 32.1. The lowest BCUT2D eigenvalue weighted by Gasteiger charge is -2.04. The summed E-state index contributed by atoms with van der Waals surface area (Å²) in [6, 6.07) is 5.42. The molecule has 0 saturated carbocycles. The van der Waals surface area contributed by atoms with Crippen LogP contribution in [-0.2, 0) is 6.54 Å². The summed E-state index contributed by atoms with van der Waals surface area (Å²) >= 11 is 1.48. The Labute approximate surface area is 96.2 Å². The van der Waals surface area contributed by atoms with E-state index in [4.69, 9.17) is 5.26 Å². The van der Waals surface area contributed by atoms with E-state index in [2.05, 4.69) is 16.4 Å². The number of nitrogens with zero attached hydrogens (tertiary/aromatic N) is 2. The first-order chi connectivity index (χ1) is 7.79. The molecular formula is C11H8FN3S. The van der Waals surface area contributed by atoms with Crippen LogP contribution < -0.4 is 5.32 Å². The molecule has 0 fully saturated rings. The van der Waals surface area contributed by atoms with Gasteiger partial charge in [0.05, 0.1) is 17.4 Å². The van der Waals surface area contributed by atoms with Crippen LogP contribution >= 0.6 is 11.3 Å². The van der Waals surface area contributed by atoms with Gasteiger partial charge in [-0.2, -0.15) is 5.26 Å². The van der Waals surface area contributed by atoms with Gasteiger partial charge in [0.2, 0.25) is 0 Å². The van der Waals surface area contributed by atoms with E-state index >= 15 is 0 Å². The Morgan fingerprint density at radius 3 is 3.12 bits per heavy atom. The van der Waals surface area contributed by atoms with Crippen molar-refractivity contribution in [3.05, 3.63) is 46.2 Å². The Morgan fingerprint density at radius 2 is 2.44 bits per heavy atom. The third kappa shape index (κ3) is 2.35. The Morgan fingerprint density at radius 1 is 1.56 bits per heavy atom. The molecule has 5 heteroatoms. The SMILES string of the molecule is N#Cc1csc(CNc2ccncc2F)c1. The van der Waals surface area contributed by atoms with E-state index in [-0.39, 0.29) is 5.82 Å². The number of nitriles is 1. The summed E-state index contributed by atoms with van der Waals surface area (Å²) in [4.78, 5) is 4.66. The molecule has 2 aromatic heterocycles. The van der Waals surface area contributed by atoms with Crippen LogP contribution in [0.25, 0.3) is 0 Å². The topological polar surface area (TPSA) is 48.7 Å². The zero-order chi connectivity index (χ0) is 11.4. The Balaban J connectivity index is 2.03. The molecule has 0 atom stereocenters. The lowest BCUT2D eigenvalue weighted by Crippen LogP contribution is -1.99. The molecule has 0 saturated heterocycles. The summed E-state index contributed by atoms with van der Waals surface area (Å²) in [5.74, 6) is -0.375. The van der Waals surface area contributed by atoms with Gasteiger partial charge in [-0.1, -0.05) is 0 Å². The Bertz CT molecular complexity index is 530. The van der Waals surface area contributed by atoms with Gasteiger partial charge in [0.1, 0.15) is 6.07 Å². The number of aromatic nitrogens is 1. The van der Waals surface area contributed by atoms with Crippen molar-refractivity contribution in [3.63, 3.8) is 0 Å². The van der Waals surface area contributed by atoms with Crippen molar-refractivity contribution in [1.82, 2.24) is 4.98 Å². The highest BCUT2D eigenvalue weighted by Gasteiger charge is 2.02. The normalized spacial score (nSPS) is 9.75. The van der Waals surface area contributed by atoms with Gasteiger partial charge in [-0.3, -0.25) is 4.98 Å². The predicted molar refractivity (Wildman–Crippen MR) is 60.6 cm³/mol. The minimum atomic E-state index is -0.375. The van der Waals surface area contributed by atoms with Gasteiger partial charge in [-0.25, -0.2) is 4.39 Å². The molecule has 0 aliphatic heterocycles. The smallest absolute Gasteiger partial charge is 0.164 e. The summed E-state index contributed by atoms with van der Waals surface area (Å²) in [6.07, 6.45) is 2.69. The van der Waals surface area contributed by atoms with Crippen LogP contribution in [0, 0.1) is 17.1 Å². The number of halogens is 1. The molecule has 0 aliphatic rings. The summed E-state index contributed by atoms with van der Waals surface area (Å²) in [6.45, 7) is 0.507. The van der Waals surface area contributed by atoms with Gasteiger partial charge in [0.15, 0.2) is 5.82 Å². The van der Waals surface area contributed by atoms with Crippen molar-refractivity contribution in [1.29, 1.82) is 5.26 Å². The number of nitrogens with one attached hydrogen (secondary N) is 1. The number of rotatable bonds is 3. The van der Waals surface area contributed by atoms with Gasteiger partial charge >= 0.3 is 0 Å². The van der Waals surface area contributed by atoms with Crippen LogP contribution in [0.1, 0.15) is 10.4 Å². The summed E-state index contributed by atoms with van der Waals surface area (Å²) < 4.78 is 13.2. The minimum absolute atomic E-state index is 0.375. The molecule has 2 rings (SSSR count). The van der Waals surface area contributed by atoms with E-state index in [0.717, 1.165) is 11.1 Å². The summed E-state index contributed by atoms with van der Waals surface area (Å²) in [5, 5.41) is 13.4. The molecule has 0 radical (unpaired) electrons. The molecule has 0 aliphatic carbocycles. The molecule has 80 valence electrons. The van der Waals surface area contributed by atoms with Crippen molar-refractivity contribution in [2.24, 2.45) is 0 Å². The van der Waals surface area contributed by atoms with Crippen molar-refractivity contribution in [2.75, 3.05) is 5.32 Å². The van der Waals surface area contributed by atoms with E-state index < -0.39 is 0 Å². The second-order valence-electron chi connectivity index (χ2n) is 3.12. The molecule has 0 bridgehead atoms. The molecular weight excluding hydrogens is 225 g/mol. The monoisotopic (exact) mass is 233 g/mol. The molecule has 2 heterocycles. The van der Waals surface area contributed by atoms with Crippen molar-refractivity contribution in [3.8, 4) is 6.07 Å². The van der Waals surface area contributed by atoms with E-state index in [1.807, 2.05) is 0 Å². The molecule has 0 unspecified atom stereocenters. The molecule has 3 nitrogen and oxygen atoms in total. The maximum atomic E-state index is 13.2. The van der Waals surface area contributed by atoms with Crippen LogP contribution in [0.5, 0.6) is 0 Å². The van der Waals surface area contributed by atoms with E-state index in [9.17, 15) is 4.39 Å². The molecule has 0 amide bonds. The van der Waals surface area contributed by atoms with Crippen LogP contribution in [0.3, 0.4) is 0 Å². The number of hydrogen-bond acceptors (Lipinski definition) is 4. The zero-order valence-corrected chi connectivity index (χ0v) is 9.09. The van der Waals surface area contributed by atoms with Crippen LogP contribution in [0.4, 0.5) is 10.1 Å². The number of pyridine rings is 1. The van der Waals surface area contributed by atoms with Crippen LogP contribution in [0.2, 0.25) is 0 Å². The second kappa shape index (κ2) is 4.73. The van der Waals surface area contributed by atoms with Gasteiger partial charge in [0.25, 0.3) is 0 Å². The summed E-state index contributed by atoms with van der Waals surface area (Å²) in [5.41, 5.74) is 1.05. The standard InChI is InChI=1S/C11H8FN3S/c12-10-6-14-2-1-11(10)15-5-9-3-8(4-13)7-16-9/h1-3,6-7H,5H2,(H,14,15). The highest BCUT2D eigenvalue weighted by Crippen LogP contribution is 2.17. The average Bonchev–Trinajstić information content (AvgIpc) is 2.76. The fraction of sp³-hybridized carbons (Fsp3) is 0.0909. The van der Waals surface area contributed by atoms with Crippen LogP contribution in [-0.4, -0.2) is 4.98 Å². The van der Waals surface area contributed by atoms with Gasteiger partial charge in [-0.05, 0) is 12.1 Å². The quantitative estimate of drug-likeness (QED) is 0.886. The lowest BCUT2D eigenvalue weighted by molar-refractivity contribution is 0.624. The molecule has 2 aromatic rings. The highest BCUT2D eigenvalue weighted by molar-refractivity contribution is 7.10. The van der Waals surface area contributed by atoms with Crippen molar-refractivity contribution < 1.29 is 4.39 Å². The van der Waals surface area contributed by atoms with Gasteiger partial charge in [-0.15, -0.1) is 11.3 Å². The van der Waals surface area contributed by atoms with Crippen LogP contribution in [0.15, 0.2) is 29.9 Å². The number of hydrogen-bond donors (Lipinski definition) is 1.